The molecule has 1 saturated carbocycles. The van der Waals surface area contributed by atoms with Gasteiger partial charge in [0.05, 0.1) is 11.7 Å². The number of fused-ring (bicyclic) bond motifs is 1. The highest BCUT2D eigenvalue weighted by Gasteiger charge is 2.25. The fourth-order valence-electron chi connectivity index (χ4n) is 3.09. The van der Waals surface area contributed by atoms with Crippen LogP contribution in [0.5, 0.6) is 5.75 Å². The van der Waals surface area contributed by atoms with E-state index < -0.39 is 0 Å². The molecule has 1 heterocycles. The smallest absolute Gasteiger partial charge is 0.138 e. The van der Waals surface area contributed by atoms with Crippen LogP contribution in [-0.4, -0.2) is 41.3 Å². The molecule has 3 rings (SSSR count). The predicted octanol–water partition coefficient (Wildman–Crippen LogP) is 2.69. The summed E-state index contributed by atoms with van der Waals surface area (Å²) in [6.45, 7) is 0. The summed E-state index contributed by atoms with van der Waals surface area (Å²) < 4.78 is 6.14. The van der Waals surface area contributed by atoms with Crippen molar-refractivity contribution < 1.29 is 4.74 Å². The third-order valence-corrected chi connectivity index (χ3v) is 4.32. The van der Waals surface area contributed by atoms with Crippen LogP contribution in [0.3, 0.4) is 0 Å². The highest BCUT2D eigenvalue weighted by molar-refractivity contribution is 5.86. The number of nitrogens with zero attached hydrogens (tertiary/aromatic N) is 3. The summed E-state index contributed by atoms with van der Waals surface area (Å²) in [7, 11) is 4.23. The number of hydrogen-bond acceptors (Lipinski definition) is 4. The van der Waals surface area contributed by atoms with Crippen molar-refractivity contribution in [3.05, 3.63) is 23.9 Å². The van der Waals surface area contributed by atoms with E-state index in [0.717, 1.165) is 23.7 Å². The second-order valence-corrected chi connectivity index (χ2v) is 5.91. The molecule has 0 radical (unpaired) electrons. The van der Waals surface area contributed by atoms with Crippen LogP contribution in [0.2, 0.25) is 0 Å². The summed E-state index contributed by atoms with van der Waals surface area (Å²) in [5, 5.41) is 17.1. The Hall–Kier alpha value is -2.06. The maximum absolute atomic E-state index is 9.42. The number of rotatable bonds is 3. The number of nitriles is 1. The van der Waals surface area contributed by atoms with Gasteiger partial charge in [-0.25, -0.2) is 0 Å². The Morgan fingerprint density at radius 3 is 3.00 bits per heavy atom. The van der Waals surface area contributed by atoms with Gasteiger partial charge in [0.1, 0.15) is 23.5 Å². The summed E-state index contributed by atoms with van der Waals surface area (Å²) >= 11 is 0. The number of aromatic amines is 1. The molecule has 110 valence electrons. The van der Waals surface area contributed by atoms with E-state index in [1.54, 1.807) is 6.20 Å². The second kappa shape index (κ2) is 5.74. The number of nitrogens with one attached hydrogen (secondary N) is 1. The lowest BCUT2D eigenvalue weighted by Gasteiger charge is -2.33. The van der Waals surface area contributed by atoms with Crippen molar-refractivity contribution in [2.24, 2.45) is 0 Å². The van der Waals surface area contributed by atoms with E-state index in [1.807, 2.05) is 12.1 Å². The van der Waals surface area contributed by atoms with Gasteiger partial charge in [-0.1, -0.05) is 0 Å². The molecular formula is C16H20N4O. The van der Waals surface area contributed by atoms with E-state index in [2.05, 4.69) is 35.3 Å². The second-order valence-electron chi connectivity index (χ2n) is 5.91. The number of benzene rings is 1. The zero-order chi connectivity index (χ0) is 14.8. The minimum Gasteiger partial charge on any atom is -0.489 e. The van der Waals surface area contributed by atoms with Crippen LogP contribution in [0.25, 0.3) is 10.9 Å². The van der Waals surface area contributed by atoms with Crippen molar-refractivity contribution in [3.8, 4) is 11.8 Å². The Morgan fingerprint density at radius 1 is 1.38 bits per heavy atom. The Labute approximate surface area is 124 Å². The van der Waals surface area contributed by atoms with Crippen molar-refractivity contribution in [2.45, 2.75) is 37.8 Å². The number of hydrogen-bond donors (Lipinski definition) is 1. The van der Waals surface area contributed by atoms with E-state index in [9.17, 15) is 5.26 Å². The maximum atomic E-state index is 9.42. The zero-order valence-corrected chi connectivity index (χ0v) is 12.5. The molecule has 1 aromatic carbocycles. The molecule has 2 atom stereocenters. The van der Waals surface area contributed by atoms with Gasteiger partial charge < -0.3 is 9.64 Å². The number of aromatic nitrogens is 2. The highest BCUT2D eigenvalue weighted by Crippen LogP contribution is 2.30. The van der Waals surface area contributed by atoms with Crippen LogP contribution in [0.4, 0.5) is 0 Å². The van der Waals surface area contributed by atoms with E-state index in [1.165, 1.54) is 12.8 Å². The quantitative estimate of drug-likeness (QED) is 0.941. The van der Waals surface area contributed by atoms with Crippen LogP contribution < -0.4 is 4.74 Å². The van der Waals surface area contributed by atoms with Crippen LogP contribution in [-0.2, 0) is 0 Å². The lowest BCUT2D eigenvalue weighted by molar-refractivity contribution is 0.100. The van der Waals surface area contributed by atoms with E-state index in [4.69, 9.17) is 4.74 Å². The van der Waals surface area contributed by atoms with Crippen LogP contribution in [0.1, 0.15) is 31.2 Å². The normalized spacial score (nSPS) is 22.4. The zero-order valence-electron chi connectivity index (χ0n) is 12.5. The van der Waals surface area contributed by atoms with Crippen molar-refractivity contribution in [1.82, 2.24) is 15.1 Å². The minimum atomic E-state index is 0.183. The molecule has 0 bridgehead atoms. The molecule has 0 spiro atoms. The fourth-order valence-corrected chi connectivity index (χ4v) is 3.09. The molecule has 0 amide bonds. The molecule has 0 unspecified atom stereocenters. The minimum absolute atomic E-state index is 0.183. The first-order valence-electron chi connectivity index (χ1n) is 7.38. The van der Waals surface area contributed by atoms with Gasteiger partial charge in [-0.3, -0.25) is 5.10 Å². The lowest BCUT2D eigenvalue weighted by atomic mass is 9.92. The molecule has 1 N–H and O–H groups in total. The molecule has 21 heavy (non-hydrogen) atoms. The Balaban J connectivity index is 1.83. The monoisotopic (exact) mass is 284 g/mol. The molecule has 1 aromatic heterocycles. The van der Waals surface area contributed by atoms with Gasteiger partial charge in [-0.2, -0.15) is 10.4 Å². The molecule has 1 aliphatic carbocycles. The molecule has 0 aliphatic heterocycles. The average Bonchev–Trinajstić information content (AvgIpc) is 2.96. The van der Waals surface area contributed by atoms with E-state index in [0.29, 0.717) is 17.4 Å². The van der Waals surface area contributed by atoms with Gasteiger partial charge in [0.2, 0.25) is 0 Å². The summed E-state index contributed by atoms with van der Waals surface area (Å²) in [4.78, 5) is 2.26. The van der Waals surface area contributed by atoms with E-state index in [-0.39, 0.29) is 6.10 Å². The topological polar surface area (TPSA) is 64.9 Å². The Morgan fingerprint density at radius 2 is 2.24 bits per heavy atom. The van der Waals surface area contributed by atoms with Crippen molar-refractivity contribution >= 4 is 10.9 Å². The molecule has 0 saturated heterocycles. The molecule has 1 fully saturated rings. The molecule has 1 aliphatic rings. The standard InChI is InChI=1S/C16H20N4O/c1-20(2)11-4-3-5-12(8-11)21-16-7-6-15-14(10-18-19-15)13(16)9-17/h6-7,10-12H,3-5,8H2,1-2H3,(H,18,19)/t11-,12+/m1/s1. The summed E-state index contributed by atoms with van der Waals surface area (Å²) in [5.41, 5.74) is 1.45. The lowest BCUT2D eigenvalue weighted by Crippen LogP contribution is -2.37. The highest BCUT2D eigenvalue weighted by atomic mass is 16.5. The molecule has 5 nitrogen and oxygen atoms in total. The predicted molar refractivity (Wildman–Crippen MR) is 81.2 cm³/mol. The molecule has 5 heteroatoms. The molecule has 2 aromatic rings. The first kappa shape index (κ1) is 13.9. The van der Waals surface area contributed by atoms with Gasteiger partial charge in [0, 0.05) is 11.4 Å². The fraction of sp³-hybridized carbons (Fsp3) is 0.500. The summed E-state index contributed by atoms with van der Waals surface area (Å²) in [6.07, 6.45) is 6.33. The summed E-state index contributed by atoms with van der Waals surface area (Å²) in [5.74, 6) is 0.677. The third kappa shape index (κ3) is 2.72. The van der Waals surface area contributed by atoms with Crippen molar-refractivity contribution in [3.63, 3.8) is 0 Å². The van der Waals surface area contributed by atoms with Crippen molar-refractivity contribution in [1.29, 1.82) is 5.26 Å². The maximum Gasteiger partial charge on any atom is 0.138 e. The van der Waals surface area contributed by atoms with Gasteiger partial charge in [0.25, 0.3) is 0 Å². The van der Waals surface area contributed by atoms with Crippen molar-refractivity contribution in [2.75, 3.05) is 14.1 Å². The van der Waals surface area contributed by atoms with Crippen LogP contribution in [0, 0.1) is 11.3 Å². The Bertz CT molecular complexity index is 670. The van der Waals surface area contributed by atoms with Gasteiger partial charge >= 0.3 is 0 Å². The van der Waals surface area contributed by atoms with Gasteiger partial charge in [-0.05, 0) is 51.9 Å². The summed E-state index contributed by atoms with van der Waals surface area (Å²) in [6, 6.07) is 6.61. The first-order valence-corrected chi connectivity index (χ1v) is 7.38. The number of H-pyrrole nitrogens is 1. The average molecular weight is 284 g/mol. The van der Waals surface area contributed by atoms with Gasteiger partial charge in [0.15, 0.2) is 0 Å². The largest absolute Gasteiger partial charge is 0.489 e. The Kier molecular flexibility index (Phi) is 3.80. The SMILES string of the molecule is CN(C)[C@@H]1CCC[C@H](Oc2ccc3[nH]ncc3c2C#N)C1. The first-order chi connectivity index (χ1) is 10.2. The van der Waals surface area contributed by atoms with Gasteiger partial charge in [-0.15, -0.1) is 0 Å². The van der Waals surface area contributed by atoms with E-state index >= 15 is 0 Å². The van der Waals surface area contributed by atoms with Crippen LogP contribution in [0.15, 0.2) is 18.3 Å². The molecular weight excluding hydrogens is 264 g/mol. The third-order valence-electron chi connectivity index (χ3n) is 4.32. The van der Waals surface area contributed by atoms with Crippen LogP contribution >= 0.6 is 0 Å². The number of ether oxygens (including phenoxy) is 1.